The van der Waals surface area contributed by atoms with E-state index in [4.69, 9.17) is 0 Å². The van der Waals surface area contributed by atoms with Gasteiger partial charge in [0.2, 0.25) is 11.8 Å². The molecule has 1 aliphatic heterocycles. The van der Waals surface area contributed by atoms with Crippen LogP contribution in [0.2, 0.25) is 0 Å². The summed E-state index contributed by atoms with van der Waals surface area (Å²) in [5, 5.41) is 0. The van der Waals surface area contributed by atoms with Gasteiger partial charge in [-0.2, -0.15) is 0 Å². The maximum atomic E-state index is 12.3. The van der Waals surface area contributed by atoms with Crippen molar-refractivity contribution in [2.45, 2.75) is 6.42 Å². The summed E-state index contributed by atoms with van der Waals surface area (Å²) in [6, 6.07) is 0. The van der Waals surface area contributed by atoms with E-state index in [1.165, 1.54) is 4.90 Å². The molecule has 4 heteroatoms. The zero-order valence-electron chi connectivity index (χ0n) is 10.3. The quantitative estimate of drug-likeness (QED) is 0.523. The number of nitrogens with zero attached hydrogens (tertiary/aromatic N) is 2. The van der Waals surface area contributed by atoms with Gasteiger partial charge < -0.3 is 4.90 Å². The molecule has 0 aromatic carbocycles. The van der Waals surface area contributed by atoms with Crippen LogP contribution < -0.4 is 0 Å². The number of hydrogen-bond acceptors (Lipinski definition) is 3. The second-order valence-electron chi connectivity index (χ2n) is 5.63. The molecule has 4 nitrogen and oxygen atoms in total. The highest BCUT2D eigenvalue weighted by Gasteiger charge is 2.58. The van der Waals surface area contributed by atoms with Gasteiger partial charge in [0.15, 0.2) is 0 Å². The minimum absolute atomic E-state index is 0.0420. The van der Waals surface area contributed by atoms with E-state index >= 15 is 0 Å². The van der Waals surface area contributed by atoms with E-state index in [9.17, 15) is 9.59 Å². The molecule has 2 aliphatic carbocycles. The lowest BCUT2D eigenvalue weighted by molar-refractivity contribution is -0.140. The summed E-state index contributed by atoms with van der Waals surface area (Å²) in [5.74, 6) is 0.702. The Kier molecular flexibility index (Phi) is 2.36. The van der Waals surface area contributed by atoms with Gasteiger partial charge in [0.1, 0.15) is 0 Å². The van der Waals surface area contributed by atoms with E-state index in [2.05, 4.69) is 12.2 Å². The molecule has 2 bridgehead atoms. The van der Waals surface area contributed by atoms with Crippen LogP contribution in [0, 0.1) is 23.7 Å². The minimum atomic E-state index is -0.0420. The van der Waals surface area contributed by atoms with Crippen molar-refractivity contribution in [1.29, 1.82) is 0 Å². The van der Waals surface area contributed by atoms with Crippen molar-refractivity contribution in [3.8, 4) is 0 Å². The zero-order chi connectivity index (χ0) is 12.2. The van der Waals surface area contributed by atoms with E-state index in [0.29, 0.717) is 18.4 Å². The number of rotatable bonds is 3. The van der Waals surface area contributed by atoms with Crippen LogP contribution in [-0.2, 0) is 9.59 Å². The fraction of sp³-hybridized carbons (Fsp3) is 0.692. The molecule has 2 amide bonds. The highest BCUT2D eigenvalue weighted by molar-refractivity contribution is 6.06. The standard InChI is InChI=1S/C13H18N2O2/c1-14(2)5-6-15-12(16)10-8-3-4-9(7-8)11(10)13(15)17/h3-4,8-11H,5-7H2,1-2H3/t8-,9+,10-,11-/m0/s1. The van der Waals surface area contributed by atoms with Crippen molar-refractivity contribution in [3.63, 3.8) is 0 Å². The van der Waals surface area contributed by atoms with Crippen molar-refractivity contribution >= 4 is 11.8 Å². The smallest absolute Gasteiger partial charge is 0.233 e. The molecule has 3 rings (SSSR count). The van der Waals surface area contributed by atoms with Crippen LogP contribution in [0.4, 0.5) is 0 Å². The first-order valence-corrected chi connectivity index (χ1v) is 6.28. The van der Waals surface area contributed by atoms with Crippen LogP contribution in [0.25, 0.3) is 0 Å². The fourth-order valence-electron chi connectivity index (χ4n) is 3.48. The number of hydrogen-bond donors (Lipinski definition) is 0. The van der Waals surface area contributed by atoms with E-state index in [0.717, 1.165) is 13.0 Å². The largest absolute Gasteiger partial charge is 0.308 e. The number of allylic oxidation sites excluding steroid dienone is 2. The van der Waals surface area contributed by atoms with Crippen molar-refractivity contribution in [3.05, 3.63) is 12.2 Å². The third kappa shape index (κ3) is 1.47. The molecular formula is C13H18N2O2. The summed E-state index contributed by atoms with van der Waals surface area (Å²) in [7, 11) is 3.91. The zero-order valence-corrected chi connectivity index (χ0v) is 10.3. The van der Waals surface area contributed by atoms with Gasteiger partial charge >= 0.3 is 0 Å². The van der Waals surface area contributed by atoms with Crippen LogP contribution in [0.3, 0.4) is 0 Å². The number of imide groups is 1. The van der Waals surface area contributed by atoms with E-state index in [-0.39, 0.29) is 23.7 Å². The van der Waals surface area contributed by atoms with Crippen molar-refractivity contribution in [2.24, 2.45) is 23.7 Å². The van der Waals surface area contributed by atoms with Crippen LogP contribution in [0.15, 0.2) is 12.2 Å². The molecule has 0 unspecified atom stereocenters. The average molecular weight is 234 g/mol. The third-order valence-electron chi connectivity index (χ3n) is 4.33. The molecule has 0 N–H and O–H groups in total. The normalized spacial score (nSPS) is 38.6. The second kappa shape index (κ2) is 3.67. The Hall–Kier alpha value is -1.16. The molecule has 0 aromatic heterocycles. The van der Waals surface area contributed by atoms with Crippen molar-refractivity contribution < 1.29 is 9.59 Å². The summed E-state index contributed by atoms with van der Waals surface area (Å²) < 4.78 is 0. The van der Waals surface area contributed by atoms with Gasteiger partial charge in [-0.3, -0.25) is 14.5 Å². The van der Waals surface area contributed by atoms with Gasteiger partial charge in [-0.1, -0.05) is 12.2 Å². The monoisotopic (exact) mass is 234 g/mol. The number of likely N-dealkylation sites (tertiary alicyclic amines) is 1. The molecule has 0 aromatic rings. The predicted octanol–water partition coefficient (Wildman–Crippen LogP) is 0.355. The SMILES string of the molecule is CN(C)CCN1C(=O)[C@@H]2[C@@H](C1=O)[C@H]1C=C[C@@H]2C1. The Bertz CT molecular complexity index is 372. The molecule has 17 heavy (non-hydrogen) atoms. The van der Waals surface area contributed by atoms with E-state index in [1.807, 2.05) is 19.0 Å². The lowest BCUT2D eigenvalue weighted by Gasteiger charge is -2.19. The fourth-order valence-corrected chi connectivity index (χ4v) is 3.48. The average Bonchev–Trinajstić information content (AvgIpc) is 2.92. The topological polar surface area (TPSA) is 40.6 Å². The third-order valence-corrected chi connectivity index (χ3v) is 4.33. The first-order chi connectivity index (χ1) is 8.09. The van der Waals surface area contributed by atoms with Crippen LogP contribution in [0.1, 0.15) is 6.42 Å². The van der Waals surface area contributed by atoms with Gasteiger partial charge in [0, 0.05) is 13.1 Å². The van der Waals surface area contributed by atoms with Gasteiger partial charge in [-0.05, 0) is 32.4 Å². The predicted molar refractivity (Wildman–Crippen MR) is 63.0 cm³/mol. The van der Waals surface area contributed by atoms with Crippen LogP contribution in [-0.4, -0.2) is 48.8 Å². The van der Waals surface area contributed by atoms with Crippen LogP contribution >= 0.6 is 0 Å². The van der Waals surface area contributed by atoms with Crippen molar-refractivity contribution in [1.82, 2.24) is 9.80 Å². The Labute approximate surface area is 101 Å². The molecule has 0 spiro atoms. The van der Waals surface area contributed by atoms with Gasteiger partial charge in [0.25, 0.3) is 0 Å². The first kappa shape index (κ1) is 11.0. The number of carbonyl (C=O) groups excluding carboxylic acids is 2. The highest BCUT2D eigenvalue weighted by atomic mass is 16.2. The van der Waals surface area contributed by atoms with Crippen molar-refractivity contribution in [2.75, 3.05) is 27.2 Å². The summed E-state index contributed by atoms with van der Waals surface area (Å²) in [5.41, 5.74) is 0. The Morgan fingerprint density at radius 3 is 2.18 bits per heavy atom. The Balaban J connectivity index is 1.78. The lowest BCUT2D eigenvalue weighted by Crippen LogP contribution is -2.38. The number of likely N-dealkylation sites (N-methyl/N-ethyl adjacent to an activating group) is 1. The summed E-state index contributed by atoms with van der Waals surface area (Å²) in [6.45, 7) is 1.29. The summed E-state index contributed by atoms with van der Waals surface area (Å²) in [4.78, 5) is 28.0. The Morgan fingerprint density at radius 2 is 1.71 bits per heavy atom. The number of carbonyl (C=O) groups is 2. The maximum Gasteiger partial charge on any atom is 0.233 e. The summed E-state index contributed by atoms with van der Waals surface area (Å²) in [6.07, 6.45) is 5.27. The molecule has 2 fully saturated rings. The molecule has 92 valence electrons. The molecular weight excluding hydrogens is 216 g/mol. The van der Waals surface area contributed by atoms with Crippen LogP contribution in [0.5, 0.6) is 0 Å². The molecule has 1 saturated heterocycles. The lowest BCUT2D eigenvalue weighted by atomic mass is 9.85. The molecule has 4 atom stereocenters. The summed E-state index contributed by atoms with van der Waals surface area (Å²) >= 11 is 0. The first-order valence-electron chi connectivity index (χ1n) is 6.28. The highest BCUT2D eigenvalue weighted by Crippen LogP contribution is 2.52. The minimum Gasteiger partial charge on any atom is -0.308 e. The van der Waals surface area contributed by atoms with E-state index in [1.54, 1.807) is 0 Å². The number of fused-ring (bicyclic) bond motifs is 5. The van der Waals surface area contributed by atoms with Gasteiger partial charge in [0.05, 0.1) is 11.8 Å². The second-order valence-corrected chi connectivity index (χ2v) is 5.63. The molecule has 3 aliphatic rings. The molecule has 1 saturated carbocycles. The maximum absolute atomic E-state index is 12.3. The number of amides is 2. The Morgan fingerprint density at radius 1 is 1.18 bits per heavy atom. The van der Waals surface area contributed by atoms with Gasteiger partial charge in [-0.25, -0.2) is 0 Å². The van der Waals surface area contributed by atoms with Gasteiger partial charge in [-0.15, -0.1) is 0 Å². The molecule has 0 radical (unpaired) electrons. The van der Waals surface area contributed by atoms with E-state index < -0.39 is 0 Å². The molecule has 1 heterocycles.